The molecule has 0 saturated heterocycles. The van der Waals surface area contributed by atoms with Crippen molar-refractivity contribution in [2.24, 2.45) is 0 Å². The van der Waals surface area contributed by atoms with Crippen molar-refractivity contribution in [1.29, 1.82) is 0 Å². The Labute approximate surface area is 218 Å². The Bertz CT molecular complexity index is 1410. The van der Waals surface area contributed by atoms with Gasteiger partial charge in [-0.2, -0.15) is 0 Å². The topological polar surface area (TPSA) is 105 Å². The first-order valence-corrected chi connectivity index (χ1v) is 11.4. The molecule has 0 spiro atoms. The molecule has 0 bridgehead atoms. The second-order valence-electron chi connectivity index (χ2n) is 7.95. The Morgan fingerprint density at radius 1 is 0.474 bits per heavy atom. The number of ketones is 2. The van der Waals surface area contributed by atoms with Gasteiger partial charge in [-0.05, 0) is 36.4 Å². The summed E-state index contributed by atoms with van der Waals surface area (Å²) in [4.78, 5) is 61.4. The van der Waals surface area contributed by atoms with Crippen molar-refractivity contribution in [2.75, 3.05) is 14.2 Å². The van der Waals surface area contributed by atoms with Crippen LogP contribution in [0.5, 0.6) is 11.5 Å². The highest BCUT2D eigenvalue weighted by Crippen LogP contribution is 2.22. The molecule has 8 heteroatoms. The van der Waals surface area contributed by atoms with E-state index < -0.39 is 23.5 Å². The number of rotatable bonds is 8. The van der Waals surface area contributed by atoms with Crippen LogP contribution in [0, 0.1) is 0 Å². The molecule has 0 N–H and O–H groups in total. The smallest absolute Gasteiger partial charge is 0.387 e. The van der Waals surface area contributed by atoms with Gasteiger partial charge in [0.25, 0.3) is 0 Å². The van der Waals surface area contributed by atoms with Crippen molar-refractivity contribution in [2.45, 2.75) is 0 Å². The summed E-state index contributed by atoms with van der Waals surface area (Å²) in [6, 6.07) is 24.9. The van der Waals surface area contributed by atoms with E-state index in [0.29, 0.717) is 22.6 Å². The van der Waals surface area contributed by atoms with Gasteiger partial charge in [0, 0.05) is 22.3 Å². The van der Waals surface area contributed by atoms with Gasteiger partial charge in [0.15, 0.2) is 11.6 Å². The summed E-state index contributed by atoms with van der Waals surface area (Å²) in [7, 11) is 2.96. The van der Waals surface area contributed by atoms with Gasteiger partial charge in [0.2, 0.25) is 0 Å². The van der Waals surface area contributed by atoms with E-state index in [2.05, 4.69) is 0 Å². The molecule has 38 heavy (non-hydrogen) atoms. The zero-order valence-corrected chi connectivity index (χ0v) is 20.5. The third kappa shape index (κ3) is 5.60. The van der Waals surface area contributed by atoms with Crippen LogP contribution in [-0.4, -0.2) is 37.7 Å². The summed E-state index contributed by atoms with van der Waals surface area (Å²) >= 11 is 0. The van der Waals surface area contributed by atoms with Crippen molar-refractivity contribution in [3.05, 3.63) is 130 Å². The molecule has 4 rings (SSSR count). The van der Waals surface area contributed by atoms with Crippen LogP contribution in [0.15, 0.2) is 97.1 Å². The second-order valence-corrected chi connectivity index (χ2v) is 7.95. The predicted molar refractivity (Wildman–Crippen MR) is 137 cm³/mol. The lowest BCUT2D eigenvalue weighted by Crippen LogP contribution is -2.17. The van der Waals surface area contributed by atoms with E-state index >= 15 is 0 Å². The largest absolute Gasteiger partial charge is 0.497 e. The van der Waals surface area contributed by atoms with E-state index in [1.165, 1.54) is 38.5 Å². The first-order valence-electron chi connectivity index (χ1n) is 11.4. The predicted octanol–water partition coefficient (Wildman–Crippen LogP) is 5.09. The summed E-state index contributed by atoms with van der Waals surface area (Å²) in [5.74, 6) is -2.04. The van der Waals surface area contributed by atoms with Gasteiger partial charge in [0.1, 0.15) is 11.5 Å². The first kappa shape index (κ1) is 25.8. The number of carbonyl (C=O) groups excluding carboxylic acids is 4. The van der Waals surface area contributed by atoms with Crippen LogP contribution < -0.4 is 9.47 Å². The molecule has 4 aromatic rings. The molecular formula is C30H22O8. The van der Waals surface area contributed by atoms with Gasteiger partial charge < -0.3 is 9.47 Å². The van der Waals surface area contributed by atoms with Gasteiger partial charge in [-0.3, -0.25) is 9.59 Å². The number of carbonyl (C=O) groups is 4. The summed E-state index contributed by atoms with van der Waals surface area (Å²) in [6.45, 7) is 0. The van der Waals surface area contributed by atoms with Gasteiger partial charge in [-0.1, -0.05) is 60.7 Å². The van der Waals surface area contributed by atoms with Crippen LogP contribution in [0.25, 0.3) is 0 Å². The van der Waals surface area contributed by atoms with Crippen molar-refractivity contribution in [3.63, 3.8) is 0 Å². The zero-order valence-electron chi connectivity index (χ0n) is 20.5. The Kier molecular flexibility index (Phi) is 7.93. The van der Waals surface area contributed by atoms with Crippen molar-refractivity contribution in [3.8, 4) is 11.5 Å². The normalized spacial score (nSPS) is 10.3. The fourth-order valence-corrected chi connectivity index (χ4v) is 3.72. The van der Waals surface area contributed by atoms with Crippen molar-refractivity contribution >= 4 is 23.5 Å². The monoisotopic (exact) mass is 510 g/mol. The molecule has 190 valence electrons. The summed E-state index contributed by atoms with van der Waals surface area (Å²) in [6.07, 6.45) is 0. The third-order valence-corrected chi connectivity index (χ3v) is 5.64. The molecule has 0 aliphatic rings. The zero-order chi connectivity index (χ0) is 27.1. The van der Waals surface area contributed by atoms with E-state index in [-0.39, 0.29) is 22.3 Å². The van der Waals surface area contributed by atoms with Crippen molar-refractivity contribution in [1.82, 2.24) is 0 Å². The highest BCUT2D eigenvalue weighted by atomic mass is 17.2. The molecule has 0 amide bonds. The van der Waals surface area contributed by atoms with Gasteiger partial charge >= 0.3 is 11.9 Å². The van der Waals surface area contributed by atoms with Crippen LogP contribution in [-0.2, 0) is 9.78 Å². The van der Waals surface area contributed by atoms with Gasteiger partial charge in [0.05, 0.1) is 25.3 Å². The number of benzene rings is 4. The minimum atomic E-state index is -1.05. The third-order valence-electron chi connectivity index (χ3n) is 5.64. The summed E-state index contributed by atoms with van der Waals surface area (Å²) in [5.41, 5.74) is 0.492. The number of ether oxygens (including phenoxy) is 2. The van der Waals surface area contributed by atoms with E-state index in [0.717, 1.165) is 0 Å². The molecule has 0 radical (unpaired) electrons. The summed E-state index contributed by atoms with van der Waals surface area (Å²) < 4.78 is 10.3. The second kappa shape index (κ2) is 11.7. The minimum absolute atomic E-state index is 0.0513. The molecule has 0 unspecified atom stereocenters. The summed E-state index contributed by atoms with van der Waals surface area (Å²) in [5, 5.41) is 0. The molecule has 0 aliphatic carbocycles. The van der Waals surface area contributed by atoms with Crippen LogP contribution in [0.1, 0.15) is 52.6 Å². The average molecular weight is 510 g/mol. The fraction of sp³-hybridized carbons (Fsp3) is 0.0667. The molecule has 0 aromatic heterocycles. The molecule has 4 aromatic carbocycles. The number of hydrogen-bond acceptors (Lipinski definition) is 8. The Balaban J connectivity index is 1.52. The van der Waals surface area contributed by atoms with Gasteiger partial charge in [-0.25, -0.2) is 19.4 Å². The maximum absolute atomic E-state index is 13.1. The van der Waals surface area contributed by atoms with E-state index in [1.54, 1.807) is 72.8 Å². The maximum Gasteiger partial charge on any atom is 0.387 e. The standard InChI is InChI=1S/C30H22O8/c1-35-21-11-7-9-19(17-21)27(31)23-13-3-5-15-25(23)29(33)37-38-30(34)26-16-6-4-14-24(26)28(32)20-10-8-12-22(18-20)36-2/h3-18H,1-2H3. The average Bonchev–Trinajstić information content (AvgIpc) is 2.98. The van der Waals surface area contributed by atoms with E-state index in [1.807, 2.05) is 0 Å². The van der Waals surface area contributed by atoms with E-state index in [4.69, 9.17) is 19.2 Å². The molecule has 0 aliphatic heterocycles. The SMILES string of the molecule is COc1cccc(C(=O)c2ccccc2C(=O)OOC(=O)c2ccccc2C(=O)c2cccc(OC)c2)c1. The highest BCUT2D eigenvalue weighted by Gasteiger charge is 2.24. The van der Waals surface area contributed by atoms with Gasteiger partial charge in [-0.15, -0.1) is 0 Å². The van der Waals surface area contributed by atoms with Crippen LogP contribution in [0.3, 0.4) is 0 Å². The molecule has 0 fully saturated rings. The van der Waals surface area contributed by atoms with Crippen LogP contribution in [0.2, 0.25) is 0 Å². The number of hydrogen-bond donors (Lipinski definition) is 0. The fourth-order valence-electron chi connectivity index (χ4n) is 3.72. The molecule has 0 heterocycles. The van der Waals surface area contributed by atoms with E-state index in [9.17, 15) is 19.2 Å². The lowest BCUT2D eigenvalue weighted by Gasteiger charge is -2.10. The molecular weight excluding hydrogens is 488 g/mol. The Hall–Kier alpha value is -5.24. The minimum Gasteiger partial charge on any atom is -0.497 e. The lowest BCUT2D eigenvalue weighted by molar-refractivity contribution is -0.187. The lowest BCUT2D eigenvalue weighted by atomic mass is 9.98. The first-order chi connectivity index (χ1) is 18.4. The Morgan fingerprint density at radius 3 is 1.21 bits per heavy atom. The Morgan fingerprint density at radius 2 is 0.842 bits per heavy atom. The molecule has 0 saturated carbocycles. The molecule has 8 nitrogen and oxygen atoms in total. The quantitative estimate of drug-likeness (QED) is 0.183. The van der Waals surface area contributed by atoms with Crippen molar-refractivity contribution < 1.29 is 38.4 Å². The van der Waals surface area contributed by atoms with Crippen LogP contribution >= 0.6 is 0 Å². The molecule has 0 atom stereocenters. The highest BCUT2D eigenvalue weighted by molar-refractivity contribution is 6.15. The maximum atomic E-state index is 13.1. The van der Waals surface area contributed by atoms with Crippen LogP contribution in [0.4, 0.5) is 0 Å². The number of methoxy groups -OCH3 is 2.